The second-order valence-corrected chi connectivity index (χ2v) is 5.79. The van der Waals surface area contributed by atoms with E-state index < -0.39 is 0 Å². The van der Waals surface area contributed by atoms with Gasteiger partial charge >= 0.3 is 0 Å². The minimum absolute atomic E-state index is 0.413. The van der Waals surface area contributed by atoms with Gasteiger partial charge in [-0.1, -0.05) is 19.9 Å². The lowest BCUT2D eigenvalue weighted by Crippen LogP contribution is -2.36. The van der Waals surface area contributed by atoms with Gasteiger partial charge in [0.1, 0.15) is 5.82 Å². The molecular weight excluding hydrogens is 254 g/mol. The Morgan fingerprint density at radius 1 is 1.42 bits per heavy atom. The van der Waals surface area contributed by atoms with Crippen LogP contribution in [0, 0.1) is 0 Å². The molecule has 0 aromatic carbocycles. The molecule has 104 valence electrons. The number of aromatic nitrogens is 2. The van der Waals surface area contributed by atoms with Gasteiger partial charge in [0.2, 0.25) is 0 Å². The van der Waals surface area contributed by atoms with Crippen LogP contribution in [0.25, 0.3) is 10.7 Å². The van der Waals surface area contributed by atoms with Gasteiger partial charge in [0, 0.05) is 24.5 Å². The molecule has 0 radical (unpaired) electrons. The lowest BCUT2D eigenvalue weighted by atomic mass is 10.1. The molecule has 19 heavy (non-hydrogen) atoms. The van der Waals surface area contributed by atoms with Crippen molar-refractivity contribution in [1.82, 2.24) is 14.9 Å². The fraction of sp³-hybridized carbons (Fsp3) is 0.533. The molecule has 0 bridgehead atoms. The van der Waals surface area contributed by atoms with Gasteiger partial charge < -0.3 is 9.88 Å². The summed E-state index contributed by atoms with van der Waals surface area (Å²) in [6.45, 7) is 7.80. The van der Waals surface area contributed by atoms with Crippen molar-refractivity contribution in [3.63, 3.8) is 0 Å². The zero-order valence-corrected chi connectivity index (χ0v) is 12.8. The van der Waals surface area contributed by atoms with E-state index in [1.54, 1.807) is 11.3 Å². The first-order valence-corrected chi connectivity index (χ1v) is 7.96. The predicted molar refractivity (Wildman–Crippen MR) is 82.6 cm³/mol. The lowest BCUT2D eigenvalue weighted by Gasteiger charge is -2.26. The van der Waals surface area contributed by atoms with Crippen molar-refractivity contribution in [2.24, 2.45) is 0 Å². The number of nitrogens with zero attached hydrogens (tertiary/aromatic N) is 2. The highest BCUT2D eigenvalue weighted by Crippen LogP contribution is 2.27. The molecule has 0 aliphatic rings. The lowest BCUT2D eigenvalue weighted by molar-refractivity contribution is 0.363. The quantitative estimate of drug-likeness (QED) is 0.830. The van der Waals surface area contributed by atoms with Crippen LogP contribution in [0.15, 0.2) is 29.9 Å². The molecule has 0 saturated heterocycles. The Balaban J connectivity index is 2.19. The van der Waals surface area contributed by atoms with E-state index in [1.807, 2.05) is 6.20 Å². The third-order valence-corrected chi connectivity index (χ3v) is 4.39. The Morgan fingerprint density at radius 2 is 2.26 bits per heavy atom. The van der Waals surface area contributed by atoms with E-state index in [0.29, 0.717) is 12.1 Å². The first-order valence-electron chi connectivity index (χ1n) is 7.08. The fourth-order valence-corrected chi connectivity index (χ4v) is 3.14. The van der Waals surface area contributed by atoms with E-state index in [-0.39, 0.29) is 0 Å². The first-order chi connectivity index (χ1) is 9.27. The zero-order chi connectivity index (χ0) is 13.7. The van der Waals surface area contributed by atoms with Crippen molar-refractivity contribution in [3.8, 4) is 10.7 Å². The molecule has 2 aromatic heterocycles. The van der Waals surface area contributed by atoms with Gasteiger partial charge in [-0.15, -0.1) is 11.3 Å². The van der Waals surface area contributed by atoms with Crippen LogP contribution >= 0.6 is 11.3 Å². The van der Waals surface area contributed by atoms with Gasteiger partial charge in [-0.3, -0.25) is 0 Å². The van der Waals surface area contributed by atoms with Gasteiger partial charge in [0.15, 0.2) is 0 Å². The van der Waals surface area contributed by atoms with Gasteiger partial charge in [-0.2, -0.15) is 0 Å². The Labute approximate surface area is 119 Å². The van der Waals surface area contributed by atoms with Crippen LogP contribution < -0.4 is 5.32 Å². The highest BCUT2D eigenvalue weighted by atomic mass is 32.1. The van der Waals surface area contributed by atoms with Gasteiger partial charge in [-0.05, 0) is 37.8 Å². The summed E-state index contributed by atoms with van der Waals surface area (Å²) in [5.41, 5.74) is 0. The van der Waals surface area contributed by atoms with Crippen molar-refractivity contribution in [2.75, 3.05) is 6.54 Å². The number of hydrogen-bond acceptors (Lipinski definition) is 3. The summed E-state index contributed by atoms with van der Waals surface area (Å²) in [5.74, 6) is 1.08. The minimum Gasteiger partial charge on any atom is -0.326 e. The molecule has 2 atom stereocenters. The third-order valence-electron chi connectivity index (χ3n) is 3.53. The number of imidazole rings is 1. The molecule has 2 heterocycles. The average Bonchev–Trinajstić information content (AvgIpc) is 3.09. The molecule has 0 amide bonds. The van der Waals surface area contributed by atoms with Crippen molar-refractivity contribution in [3.05, 3.63) is 29.9 Å². The maximum absolute atomic E-state index is 4.52. The highest BCUT2D eigenvalue weighted by Gasteiger charge is 2.19. The fourth-order valence-electron chi connectivity index (χ4n) is 2.42. The standard InChI is InChI=1S/C15H23N3S/c1-4-8-16-13(5-2)12(3)18-10-9-17-15(18)14-7-6-11-19-14/h6-7,9-13,16H,4-5,8H2,1-3H3. The molecule has 0 spiro atoms. The van der Waals surface area contributed by atoms with Crippen molar-refractivity contribution in [1.29, 1.82) is 0 Å². The van der Waals surface area contributed by atoms with Crippen LogP contribution in [0.3, 0.4) is 0 Å². The second-order valence-electron chi connectivity index (χ2n) is 4.84. The predicted octanol–water partition coefficient (Wildman–Crippen LogP) is 3.95. The van der Waals surface area contributed by atoms with Crippen LogP contribution in [0.4, 0.5) is 0 Å². The number of hydrogen-bond donors (Lipinski definition) is 1. The van der Waals surface area contributed by atoms with E-state index in [9.17, 15) is 0 Å². The summed E-state index contributed by atoms with van der Waals surface area (Å²) in [5, 5.41) is 5.74. The van der Waals surface area contributed by atoms with Crippen LogP contribution in [-0.4, -0.2) is 22.1 Å². The topological polar surface area (TPSA) is 29.9 Å². The van der Waals surface area contributed by atoms with Crippen LogP contribution in [-0.2, 0) is 0 Å². The SMILES string of the molecule is CCCNC(CC)C(C)n1ccnc1-c1cccs1. The number of thiophene rings is 1. The summed E-state index contributed by atoms with van der Waals surface area (Å²) in [4.78, 5) is 5.76. The molecule has 0 aliphatic heterocycles. The molecule has 2 aromatic rings. The van der Waals surface area contributed by atoms with Crippen molar-refractivity contribution < 1.29 is 0 Å². The van der Waals surface area contributed by atoms with Crippen molar-refractivity contribution >= 4 is 11.3 Å². The minimum atomic E-state index is 0.413. The average molecular weight is 277 g/mol. The Hall–Kier alpha value is -1.13. The van der Waals surface area contributed by atoms with E-state index in [1.165, 1.54) is 11.3 Å². The summed E-state index contributed by atoms with van der Waals surface area (Å²) < 4.78 is 2.29. The van der Waals surface area contributed by atoms with Crippen LogP contribution in [0.5, 0.6) is 0 Å². The number of rotatable bonds is 7. The molecule has 1 N–H and O–H groups in total. The molecular formula is C15H23N3S. The van der Waals surface area contributed by atoms with Crippen LogP contribution in [0.2, 0.25) is 0 Å². The molecule has 0 aliphatic carbocycles. The summed E-state index contributed by atoms with van der Waals surface area (Å²) in [6.07, 6.45) is 6.29. The van der Waals surface area contributed by atoms with Gasteiger partial charge in [0.05, 0.1) is 4.88 Å². The Morgan fingerprint density at radius 3 is 2.89 bits per heavy atom. The first kappa shape index (κ1) is 14.3. The smallest absolute Gasteiger partial charge is 0.150 e. The van der Waals surface area contributed by atoms with E-state index >= 15 is 0 Å². The molecule has 0 saturated carbocycles. The highest BCUT2D eigenvalue weighted by molar-refractivity contribution is 7.13. The molecule has 4 heteroatoms. The summed E-state index contributed by atoms with van der Waals surface area (Å²) >= 11 is 1.75. The van der Waals surface area contributed by atoms with Gasteiger partial charge in [0.25, 0.3) is 0 Å². The normalized spacial score (nSPS) is 14.5. The number of nitrogens with one attached hydrogen (secondary N) is 1. The van der Waals surface area contributed by atoms with Crippen molar-refractivity contribution in [2.45, 2.75) is 45.7 Å². The molecule has 0 fully saturated rings. The molecule has 2 rings (SSSR count). The summed E-state index contributed by atoms with van der Waals surface area (Å²) in [7, 11) is 0. The monoisotopic (exact) mass is 277 g/mol. The largest absolute Gasteiger partial charge is 0.326 e. The maximum Gasteiger partial charge on any atom is 0.150 e. The van der Waals surface area contributed by atoms with Crippen LogP contribution in [0.1, 0.15) is 39.7 Å². The second kappa shape index (κ2) is 6.87. The summed E-state index contributed by atoms with van der Waals surface area (Å²) in [6, 6.07) is 5.12. The van der Waals surface area contributed by atoms with E-state index in [4.69, 9.17) is 0 Å². The van der Waals surface area contributed by atoms with E-state index in [0.717, 1.165) is 18.8 Å². The molecule has 3 nitrogen and oxygen atoms in total. The Kier molecular flexibility index (Phi) is 5.16. The maximum atomic E-state index is 4.52. The Bertz CT molecular complexity index is 475. The molecule has 2 unspecified atom stereocenters. The third kappa shape index (κ3) is 3.25. The van der Waals surface area contributed by atoms with E-state index in [2.05, 4.69) is 59.3 Å². The zero-order valence-electron chi connectivity index (χ0n) is 12.0. The van der Waals surface area contributed by atoms with Gasteiger partial charge in [-0.25, -0.2) is 4.98 Å².